The van der Waals surface area contributed by atoms with E-state index in [-0.39, 0.29) is 6.04 Å². The third kappa shape index (κ3) is 0.646. The summed E-state index contributed by atoms with van der Waals surface area (Å²) in [5, 5.41) is 2.92. The van der Waals surface area contributed by atoms with Crippen molar-refractivity contribution in [2.45, 2.75) is 25.8 Å². The van der Waals surface area contributed by atoms with Gasteiger partial charge >= 0.3 is 0 Å². The van der Waals surface area contributed by atoms with Crippen molar-refractivity contribution in [2.75, 3.05) is 0 Å². The Balaban J connectivity index is 2.28. The summed E-state index contributed by atoms with van der Waals surface area (Å²) in [6.45, 7) is 2.07. The summed E-state index contributed by atoms with van der Waals surface area (Å²) in [6, 6.07) is 0.153. The molecule has 2 heteroatoms. The van der Waals surface area contributed by atoms with Crippen molar-refractivity contribution in [2.24, 2.45) is 11.1 Å². The lowest BCUT2D eigenvalue weighted by Gasteiger charge is -2.26. The zero-order chi connectivity index (χ0) is 5.28. The van der Waals surface area contributed by atoms with Crippen LogP contribution < -0.4 is 0 Å². The molecule has 0 radical (unpaired) electrons. The van der Waals surface area contributed by atoms with Crippen LogP contribution >= 0.6 is 0 Å². The summed E-state index contributed by atoms with van der Waals surface area (Å²) in [6.07, 6.45) is 2.21. The van der Waals surface area contributed by atoms with E-state index in [4.69, 9.17) is 0 Å². The van der Waals surface area contributed by atoms with Gasteiger partial charge in [0, 0.05) is 0 Å². The van der Waals surface area contributed by atoms with E-state index in [9.17, 15) is 4.91 Å². The molecule has 0 aliphatic heterocycles. The van der Waals surface area contributed by atoms with Crippen molar-refractivity contribution >= 4 is 0 Å². The molecule has 7 heavy (non-hydrogen) atoms. The average molecular weight is 99.1 g/mol. The third-order valence-electron chi connectivity index (χ3n) is 1.71. The molecule has 2 atom stereocenters. The first-order chi connectivity index (χ1) is 3.34. The Morgan fingerprint density at radius 3 is 2.29 bits per heavy atom. The second-order valence-electron chi connectivity index (χ2n) is 2.23. The molecule has 0 aromatic rings. The first kappa shape index (κ1) is 4.75. The first-order valence-electron chi connectivity index (χ1n) is 2.67. The first-order valence-corrected chi connectivity index (χ1v) is 2.67. The van der Waals surface area contributed by atoms with Crippen LogP contribution in [0.5, 0.6) is 0 Å². The molecule has 0 bridgehead atoms. The van der Waals surface area contributed by atoms with Gasteiger partial charge in [0.2, 0.25) is 0 Å². The SMILES string of the molecule is CC1CCC1N=O. The average Bonchev–Trinajstić information content (AvgIpc) is 1.65. The molecule has 1 rings (SSSR count). The Morgan fingerprint density at radius 1 is 1.57 bits per heavy atom. The minimum absolute atomic E-state index is 0.153. The van der Waals surface area contributed by atoms with Crippen LogP contribution in [0.3, 0.4) is 0 Å². The Kier molecular flexibility index (Phi) is 1.09. The van der Waals surface area contributed by atoms with Gasteiger partial charge in [-0.15, -0.1) is 0 Å². The Bertz CT molecular complexity index is 82.1. The molecule has 1 saturated carbocycles. The predicted molar refractivity (Wildman–Crippen MR) is 28.0 cm³/mol. The lowest BCUT2D eigenvalue weighted by atomic mass is 9.82. The molecule has 0 heterocycles. The molecule has 0 N–H and O–H groups in total. The zero-order valence-electron chi connectivity index (χ0n) is 4.42. The molecule has 40 valence electrons. The van der Waals surface area contributed by atoms with Gasteiger partial charge in [-0.05, 0) is 18.8 Å². The minimum Gasteiger partial charge on any atom is -0.151 e. The van der Waals surface area contributed by atoms with E-state index in [1.807, 2.05) is 0 Å². The highest BCUT2D eigenvalue weighted by Gasteiger charge is 2.26. The normalized spacial score (nSPS) is 39.6. The van der Waals surface area contributed by atoms with Crippen LogP contribution in [0.2, 0.25) is 0 Å². The van der Waals surface area contributed by atoms with Gasteiger partial charge in [-0.25, -0.2) is 0 Å². The molecule has 0 aromatic heterocycles. The van der Waals surface area contributed by atoms with Gasteiger partial charge in [0.15, 0.2) is 0 Å². The fourth-order valence-electron chi connectivity index (χ4n) is 0.806. The van der Waals surface area contributed by atoms with Crippen LogP contribution in [0.1, 0.15) is 19.8 Å². The highest BCUT2D eigenvalue weighted by molar-refractivity contribution is 4.82. The summed E-state index contributed by atoms with van der Waals surface area (Å²) < 4.78 is 0. The third-order valence-corrected chi connectivity index (χ3v) is 1.71. The van der Waals surface area contributed by atoms with Crippen molar-refractivity contribution in [1.29, 1.82) is 0 Å². The molecular formula is C5H9NO. The Hall–Kier alpha value is -0.400. The van der Waals surface area contributed by atoms with Crippen LogP contribution in [0.4, 0.5) is 0 Å². The van der Waals surface area contributed by atoms with Gasteiger partial charge in [0.25, 0.3) is 0 Å². The predicted octanol–water partition coefficient (Wildman–Crippen LogP) is 1.55. The molecule has 1 aliphatic carbocycles. The maximum atomic E-state index is 9.75. The standard InChI is InChI=1S/C5H9NO/c1-4-2-3-5(4)6-7/h4-5H,2-3H2,1H3. The van der Waals surface area contributed by atoms with Gasteiger partial charge in [0.1, 0.15) is 0 Å². The molecule has 2 unspecified atom stereocenters. The lowest BCUT2D eigenvalue weighted by molar-refractivity contribution is 0.282. The van der Waals surface area contributed by atoms with Gasteiger partial charge in [-0.2, -0.15) is 4.91 Å². The summed E-state index contributed by atoms with van der Waals surface area (Å²) in [5.41, 5.74) is 0. The van der Waals surface area contributed by atoms with Crippen LogP contribution in [0, 0.1) is 10.8 Å². The maximum absolute atomic E-state index is 9.75. The molecule has 0 saturated heterocycles. The number of hydrogen-bond acceptors (Lipinski definition) is 2. The van der Waals surface area contributed by atoms with Crippen LogP contribution in [0.25, 0.3) is 0 Å². The van der Waals surface area contributed by atoms with Gasteiger partial charge in [0.05, 0.1) is 6.04 Å². The van der Waals surface area contributed by atoms with Crippen molar-refractivity contribution in [3.63, 3.8) is 0 Å². The number of nitrogens with zero attached hydrogens (tertiary/aromatic N) is 1. The van der Waals surface area contributed by atoms with Crippen molar-refractivity contribution < 1.29 is 0 Å². The highest BCUT2D eigenvalue weighted by atomic mass is 16.3. The number of hydrogen-bond donors (Lipinski definition) is 0. The van der Waals surface area contributed by atoms with Gasteiger partial charge < -0.3 is 0 Å². The second kappa shape index (κ2) is 1.60. The van der Waals surface area contributed by atoms with E-state index in [0.717, 1.165) is 6.42 Å². The van der Waals surface area contributed by atoms with Crippen LogP contribution in [-0.2, 0) is 0 Å². The molecule has 1 fully saturated rings. The maximum Gasteiger partial charge on any atom is 0.0945 e. The zero-order valence-corrected chi connectivity index (χ0v) is 4.42. The van der Waals surface area contributed by atoms with E-state index >= 15 is 0 Å². The van der Waals surface area contributed by atoms with Gasteiger partial charge in [-0.3, -0.25) is 0 Å². The van der Waals surface area contributed by atoms with E-state index in [1.165, 1.54) is 6.42 Å². The van der Waals surface area contributed by atoms with E-state index in [2.05, 4.69) is 12.1 Å². The van der Waals surface area contributed by atoms with Crippen LogP contribution in [-0.4, -0.2) is 6.04 Å². The van der Waals surface area contributed by atoms with E-state index in [1.54, 1.807) is 0 Å². The molecular weight excluding hydrogens is 90.1 g/mol. The van der Waals surface area contributed by atoms with Crippen LogP contribution in [0.15, 0.2) is 5.18 Å². The molecule has 0 amide bonds. The highest BCUT2D eigenvalue weighted by Crippen LogP contribution is 2.28. The fourth-order valence-corrected chi connectivity index (χ4v) is 0.806. The second-order valence-corrected chi connectivity index (χ2v) is 2.23. The molecule has 1 aliphatic rings. The number of nitroso groups, excluding NO2 is 1. The quantitative estimate of drug-likeness (QED) is 0.458. The Labute approximate surface area is 42.9 Å². The summed E-state index contributed by atoms with van der Waals surface area (Å²) in [5.74, 6) is 0.567. The van der Waals surface area contributed by atoms with E-state index in [0.29, 0.717) is 5.92 Å². The lowest BCUT2D eigenvalue weighted by Crippen LogP contribution is -2.25. The van der Waals surface area contributed by atoms with Gasteiger partial charge in [-0.1, -0.05) is 12.1 Å². The monoisotopic (exact) mass is 99.1 g/mol. The van der Waals surface area contributed by atoms with Crippen molar-refractivity contribution in [3.8, 4) is 0 Å². The summed E-state index contributed by atoms with van der Waals surface area (Å²) >= 11 is 0. The summed E-state index contributed by atoms with van der Waals surface area (Å²) in [4.78, 5) is 9.75. The smallest absolute Gasteiger partial charge is 0.0945 e. The topological polar surface area (TPSA) is 29.4 Å². The largest absolute Gasteiger partial charge is 0.151 e. The summed E-state index contributed by atoms with van der Waals surface area (Å²) in [7, 11) is 0. The number of rotatable bonds is 1. The minimum atomic E-state index is 0.153. The fraction of sp³-hybridized carbons (Fsp3) is 1.00. The molecule has 0 aromatic carbocycles. The van der Waals surface area contributed by atoms with Crippen molar-refractivity contribution in [3.05, 3.63) is 4.91 Å². The Morgan fingerprint density at radius 2 is 2.29 bits per heavy atom. The van der Waals surface area contributed by atoms with E-state index < -0.39 is 0 Å². The van der Waals surface area contributed by atoms with Crippen molar-refractivity contribution in [1.82, 2.24) is 0 Å². The molecule has 0 spiro atoms. The molecule has 2 nitrogen and oxygen atoms in total.